The average molecular weight is 357 g/mol. The highest BCUT2D eigenvalue weighted by Crippen LogP contribution is 2.40. The van der Waals surface area contributed by atoms with Gasteiger partial charge in [-0.3, -0.25) is 4.79 Å². The van der Waals surface area contributed by atoms with Crippen LogP contribution >= 0.6 is 0 Å². The lowest BCUT2D eigenvalue weighted by Gasteiger charge is -2.33. The van der Waals surface area contributed by atoms with Crippen molar-refractivity contribution in [2.24, 2.45) is 0 Å². The Morgan fingerprint density at radius 1 is 0.704 bits per heavy atom. The van der Waals surface area contributed by atoms with Crippen molar-refractivity contribution < 1.29 is 14.3 Å². The second-order valence-electron chi connectivity index (χ2n) is 6.21. The second kappa shape index (κ2) is 8.45. The van der Waals surface area contributed by atoms with Crippen molar-refractivity contribution >= 4 is 11.9 Å². The molecule has 0 aromatic heterocycles. The molecule has 27 heavy (non-hydrogen) atoms. The van der Waals surface area contributed by atoms with Gasteiger partial charge in [-0.15, -0.1) is 0 Å². The Morgan fingerprint density at radius 2 is 1.07 bits per heavy atom. The lowest BCUT2D eigenvalue weighted by atomic mass is 9.69. The highest BCUT2D eigenvalue weighted by atomic mass is 16.6. The van der Waals surface area contributed by atoms with Gasteiger partial charge in [0.2, 0.25) is 0 Å². The number of esters is 2. The largest absolute Gasteiger partial charge is 0.392 e. The molecule has 0 heterocycles. The van der Waals surface area contributed by atoms with Crippen LogP contribution in [0.1, 0.15) is 29.5 Å². The van der Waals surface area contributed by atoms with Gasteiger partial charge in [0.15, 0.2) is 0 Å². The molecule has 135 valence electrons. The summed E-state index contributed by atoms with van der Waals surface area (Å²) in [5.74, 6) is -1.17. The molecule has 3 aromatic rings. The molecule has 0 fully saturated rings. The molecule has 3 heteroatoms. The molecule has 0 N–H and O–H groups in total. The smallest absolute Gasteiger partial charge is 0.333 e. The molecule has 0 aliphatic carbocycles. The molecular formula is C24H21O3. The highest BCUT2D eigenvalue weighted by molar-refractivity contribution is 5.98. The van der Waals surface area contributed by atoms with Crippen LogP contribution in [0.15, 0.2) is 91.0 Å². The molecule has 3 aromatic carbocycles. The fourth-order valence-electron chi connectivity index (χ4n) is 3.29. The molecular weight excluding hydrogens is 336 g/mol. The van der Waals surface area contributed by atoms with E-state index in [4.69, 9.17) is 4.74 Å². The Labute approximate surface area is 159 Å². The van der Waals surface area contributed by atoms with E-state index in [0.717, 1.165) is 16.7 Å². The van der Waals surface area contributed by atoms with Crippen molar-refractivity contribution in [1.29, 1.82) is 0 Å². The fraction of sp³-hybridized carbons (Fsp3) is 0.125. The summed E-state index contributed by atoms with van der Waals surface area (Å²) < 4.78 is 5.30. The minimum absolute atomic E-state index is 0.0974. The van der Waals surface area contributed by atoms with Crippen LogP contribution in [-0.4, -0.2) is 11.9 Å². The Morgan fingerprint density at radius 3 is 1.41 bits per heavy atom. The average Bonchev–Trinajstić information content (AvgIpc) is 2.71. The van der Waals surface area contributed by atoms with Gasteiger partial charge in [-0.2, -0.15) is 0 Å². The van der Waals surface area contributed by atoms with E-state index >= 15 is 0 Å². The lowest BCUT2D eigenvalue weighted by Crippen LogP contribution is -2.41. The zero-order valence-corrected chi connectivity index (χ0v) is 15.0. The molecule has 3 rings (SSSR count). The summed E-state index contributed by atoms with van der Waals surface area (Å²) in [6, 6.07) is 28.2. The second-order valence-corrected chi connectivity index (χ2v) is 6.21. The quantitative estimate of drug-likeness (QED) is 0.365. The normalized spacial score (nSPS) is 11.0. The first-order chi connectivity index (χ1) is 13.2. The highest BCUT2D eigenvalue weighted by Gasteiger charge is 2.46. The third-order valence-corrected chi connectivity index (χ3v) is 4.51. The predicted molar refractivity (Wildman–Crippen MR) is 105 cm³/mol. The SMILES string of the molecule is [CH2]CCC(=O)OC(=O)C(c1ccccc1)(c1ccccc1)c1ccccc1. The number of hydrogen-bond acceptors (Lipinski definition) is 3. The van der Waals surface area contributed by atoms with Gasteiger partial charge in [0, 0.05) is 6.42 Å². The van der Waals surface area contributed by atoms with Crippen LogP contribution in [0.5, 0.6) is 0 Å². The third kappa shape index (κ3) is 3.68. The van der Waals surface area contributed by atoms with Gasteiger partial charge in [-0.05, 0) is 23.1 Å². The van der Waals surface area contributed by atoms with Crippen LogP contribution in [0.4, 0.5) is 0 Å². The topological polar surface area (TPSA) is 43.4 Å². The van der Waals surface area contributed by atoms with E-state index in [9.17, 15) is 9.59 Å². The van der Waals surface area contributed by atoms with Crippen molar-refractivity contribution in [2.75, 3.05) is 0 Å². The Kier molecular flexibility index (Phi) is 5.82. The number of ether oxygens (including phenoxy) is 1. The number of hydrogen-bond donors (Lipinski definition) is 0. The maximum absolute atomic E-state index is 13.5. The zero-order valence-electron chi connectivity index (χ0n) is 15.0. The van der Waals surface area contributed by atoms with Crippen LogP contribution in [0.2, 0.25) is 0 Å². The summed E-state index contributed by atoms with van der Waals surface area (Å²) in [5, 5.41) is 0. The van der Waals surface area contributed by atoms with Crippen molar-refractivity contribution in [2.45, 2.75) is 18.3 Å². The minimum atomic E-state index is -1.24. The molecule has 1 radical (unpaired) electrons. The summed E-state index contributed by atoms with van der Waals surface area (Å²) in [5.41, 5.74) is 1.00. The summed E-state index contributed by atoms with van der Waals surface area (Å²) in [4.78, 5) is 25.6. The van der Waals surface area contributed by atoms with E-state index in [1.54, 1.807) is 0 Å². The van der Waals surface area contributed by atoms with Crippen LogP contribution < -0.4 is 0 Å². The van der Waals surface area contributed by atoms with E-state index in [1.165, 1.54) is 0 Å². The monoisotopic (exact) mass is 357 g/mol. The Balaban J connectivity index is 2.26. The Bertz CT molecular complexity index is 790. The fourth-order valence-corrected chi connectivity index (χ4v) is 3.29. The van der Waals surface area contributed by atoms with Gasteiger partial charge in [0.05, 0.1) is 0 Å². The Hall–Kier alpha value is -3.20. The number of benzene rings is 3. The summed E-state index contributed by atoms with van der Waals surface area (Å²) >= 11 is 0. The molecule has 0 saturated heterocycles. The van der Waals surface area contributed by atoms with E-state index in [2.05, 4.69) is 6.92 Å². The van der Waals surface area contributed by atoms with Gasteiger partial charge in [-0.1, -0.05) is 97.9 Å². The number of rotatable bonds is 6. The molecule has 0 aliphatic heterocycles. The van der Waals surface area contributed by atoms with Crippen LogP contribution in [0.25, 0.3) is 0 Å². The van der Waals surface area contributed by atoms with Crippen LogP contribution in [0, 0.1) is 6.92 Å². The van der Waals surface area contributed by atoms with E-state index in [0.29, 0.717) is 6.42 Å². The molecule has 0 unspecified atom stereocenters. The van der Waals surface area contributed by atoms with E-state index in [1.807, 2.05) is 91.0 Å². The standard InChI is InChI=1S/C24H21O3/c1-2-12-22(25)27-23(26)24(19-13-6-3-7-14-19,20-15-8-4-9-16-20)21-17-10-5-11-18-21/h3-11,13-18H,1-2,12H2. The van der Waals surface area contributed by atoms with Gasteiger partial charge >= 0.3 is 11.9 Å². The van der Waals surface area contributed by atoms with E-state index in [-0.39, 0.29) is 6.42 Å². The first-order valence-electron chi connectivity index (χ1n) is 8.90. The van der Waals surface area contributed by atoms with Gasteiger partial charge < -0.3 is 4.74 Å². The molecule has 0 bridgehead atoms. The predicted octanol–water partition coefficient (Wildman–Crippen LogP) is 4.71. The van der Waals surface area contributed by atoms with E-state index < -0.39 is 17.4 Å². The van der Waals surface area contributed by atoms with Crippen LogP contribution in [-0.2, 0) is 19.7 Å². The molecule has 0 spiro atoms. The molecule has 0 aliphatic rings. The number of carbonyl (C=O) groups excluding carboxylic acids is 2. The van der Waals surface area contributed by atoms with Gasteiger partial charge in [0.25, 0.3) is 0 Å². The maximum atomic E-state index is 13.5. The molecule has 0 saturated carbocycles. The summed E-state index contributed by atoms with van der Waals surface area (Å²) in [6.07, 6.45) is 0.474. The first kappa shape index (κ1) is 18.6. The van der Waals surface area contributed by atoms with Crippen molar-refractivity contribution in [3.63, 3.8) is 0 Å². The maximum Gasteiger partial charge on any atom is 0.333 e. The van der Waals surface area contributed by atoms with Gasteiger partial charge in [0.1, 0.15) is 5.41 Å². The molecule has 0 amide bonds. The first-order valence-corrected chi connectivity index (χ1v) is 8.90. The summed E-state index contributed by atoms with van der Waals surface area (Å²) in [7, 11) is 0. The third-order valence-electron chi connectivity index (χ3n) is 4.51. The summed E-state index contributed by atoms with van der Waals surface area (Å²) in [6.45, 7) is 3.66. The molecule has 0 atom stereocenters. The van der Waals surface area contributed by atoms with Crippen LogP contribution in [0.3, 0.4) is 0 Å². The van der Waals surface area contributed by atoms with Crippen molar-refractivity contribution in [3.05, 3.63) is 115 Å². The lowest BCUT2D eigenvalue weighted by molar-refractivity contribution is -0.162. The van der Waals surface area contributed by atoms with Gasteiger partial charge in [-0.25, -0.2) is 4.79 Å². The number of carbonyl (C=O) groups is 2. The molecule has 3 nitrogen and oxygen atoms in total. The minimum Gasteiger partial charge on any atom is -0.392 e. The van der Waals surface area contributed by atoms with Crippen molar-refractivity contribution in [3.8, 4) is 0 Å². The zero-order chi connectivity index (χ0) is 19.1. The van der Waals surface area contributed by atoms with Crippen molar-refractivity contribution in [1.82, 2.24) is 0 Å².